The number of carbonyl (C=O) groups excluding carboxylic acids is 2. The first-order valence-corrected chi connectivity index (χ1v) is 15.1. The highest BCUT2D eigenvalue weighted by Gasteiger charge is 2.49. The fourth-order valence-corrected chi connectivity index (χ4v) is 6.26. The quantitative estimate of drug-likeness (QED) is 0.200. The van der Waals surface area contributed by atoms with E-state index in [4.69, 9.17) is 5.73 Å². The van der Waals surface area contributed by atoms with Crippen molar-refractivity contribution in [2.24, 2.45) is 0 Å². The summed E-state index contributed by atoms with van der Waals surface area (Å²) in [5.74, 6) is -0.731. The molecular weight excluding hydrogens is 553 g/mol. The molecule has 2 aliphatic rings. The molecule has 1 saturated heterocycles. The number of benzene rings is 3. The van der Waals surface area contributed by atoms with E-state index in [9.17, 15) is 22.8 Å². The number of halogens is 3. The number of hydrogen-bond acceptors (Lipinski definition) is 4. The number of unbranched alkanes of at least 4 members (excludes halogenated alkanes) is 1. The van der Waals surface area contributed by atoms with Gasteiger partial charge >= 0.3 is 6.18 Å². The van der Waals surface area contributed by atoms with E-state index < -0.39 is 24.0 Å². The number of nitrogen functional groups attached to an aromatic ring is 1. The van der Waals surface area contributed by atoms with E-state index in [1.54, 1.807) is 24.3 Å². The number of rotatable bonds is 9. The standard InChI is InChI=1S/C32H35F3N4O2.C2H6/c33-32(34,35)21-37-30(41)31(27-12-3-1-10-25(27)26-11-2-4-13-28(26)31)16-5-6-17-39-18-14-24(15-19-39)38-29(40)22-8-7-9-23(36)20-22;1-2/h1-4,7-13,20,24H,5-6,14-19,21,36H2,(H,37,41)(H,38,40);1-2H3. The number of nitrogens with two attached hydrogens (primary N) is 1. The number of nitrogens with one attached hydrogen (secondary N) is 2. The first kappa shape index (κ1) is 32.1. The molecule has 0 spiro atoms. The van der Waals surface area contributed by atoms with Crippen LogP contribution in [0.3, 0.4) is 0 Å². The van der Waals surface area contributed by atoms with E-state index in [1.165, 1.54) is 0 Å². The van der Waals surface area contributed by atoms with Crippen molar-refractivity contribution in [2.45, 2.75) is 63.6 Å². The Hall–Kier alpha value is -3.85. The van der Waals surface area contributed by atoms with Gasteiger partial charge in [-0.25, -0.2) is 0 Å². The van der Waals surface area contributed by atoms with Crippen molar-refractivity contribution < 1.29 is 22.8 Å². The maximum absolute atomic E-state index is 13.6. The molecule has 1 aliphatic carbocycles. The maximum Gasteiger partial charge on any atom is 0.405 e. The Bertz CT molecular complexity index is 1350. The predicted octanol–water partition coefficient (Wildman–Crippen LogP) is 6.30. The number of likely N-dealkylation sites (tertiary alicyclic amines) is 1. The number of hydrogen-bond donors (Lipinski definition) is 3. The molecule has 0 bridgehead atoms. The number of nitrogens with zero attached hydrogens (tertiary/aromatic N) is 1. The third kappa shape index (κ3) is 7.39. The van der Waals surface area contributed by atoms with Crippen LogP contribution in [0.2, 0.25) is 0 Å². The van der Waals surface area contributed by atoms with Crippen LogP contribution in [0.4, 0.5) is 18.9 Å². The van der Waals surface area contributed by atoms with Crippen molar-refractivity contribution in [3.8, 4) is 11.1 Å². The Labute approximate surface area is 251 Å². The molecule has 0 atom stereocenters. The molecular formula is C34H41F3N4O2. The van der Waals surface area contributed by atoms with E-state index in [1.807, 2.05) is 62.4 Å². The van der Waals surface area contributed by atoms with Gasteiger partial charge in [0.2, 0.25) is 5.91 Å². The van der Waals surface area contributed by atoms with Gasteiger partial charge in [0.05, 0.1) is 0 Å². The summed E-state index contributed by atoms with van der Waals surface area (Å²) in [6, 6.07) is 22.1. The summed E-state index contributed by atoms with van der Waals surface area (Å²) in [7, 11) is 0. The Morgan fingerprint density at radius 2 is 1.51 bits per heavy atom. The zero-order chi connectivity index (χ0) is 31.0. The highest BCUT2D eigenvalue weighted by Crippen LogP contribution is 2.51. The number of anilines is 1. The Balaban J connectivity index is 0.00000207. The van der Waals surface area contributed by atoms with E-state index in [0.29, 0.717) is 24.1 Å². The molecule has 43 heavy (non-hydrogen) atoms. The van der Waals surface area contributed by atoms with Crippen LogP contribution in [0.1, 0.15) is 67.4 Å². The van der Waals surface area contributed by atoms with Crippen molar-refractivity contribution in [1.29, 1.82) is 0 Å². The van der Waals surface area contributed by atoms with Crippen LogP contribution >= 0.6 is 0 Å². The number of amides is 2. The summed E-state index contributed by atoms with van der Waals surface area (Å²) in [6.45, 7) is 5.13. The molecule has 3 aromatic carbocycles. The van der Waals surface area contributed by atoms with Gasteiger partial charge in [0.15, 0.2) is 0 Å². The van der Waals surface area contributed by atoms with Gasteiger partial charge in [0.25, 0.3) is 5.91 Å². The lowest BCUT2D eigenvalue weighted by molar-refractivity contribution is -0.141. The Morgan fingerprint density at radius 3 is 2.09 bits per heavy atom. The average molecular weight is 595 g/mol. The Morgan fingerprint density at radius 1 is 0.907 bits per heavy atom. The average Bonchev–Trinajstić information content (AvgIpc) is 3.30. The van der Waals surface area contributed by atoms with Crippen molar-refractivity contribution in [3.63, 3.8) is 0 Å². The first-order valence-electron chi connectivity index (χ1n) is 15.1. The van der Waals surface area contributed by atoms with Gasteiger partial charge in [-0.3, -0.25) is 9.59 Å². The van der Waals surface area contributed by atoms with Gasteiger partial charge in [-0.05, 0) is 72.7 Å². The fourth-order valence-electron chi connectivity index (χ4n) is 6.26. The molecule has 3 aromatic rings. The van der Waals surface area contributed by atoms with Crippen molar-refractivity contribution in [1.82, 2.24) is 15.5 Å². The summed E-state index contributed by atoms with van der Waals surface area (Å²) in [6.07, 6.45) is -0.934. The summed E-state index contributed by atoms with van der Waals surface area (Å²) < 4.78 is 39.2. The monoisotopic (exact) mass is 594 g/mol. The molecule has 1 fully saturated rings. The molecule has 6 nitrogen and oxygen atoms in total. The molecule has 0 saturated carbocycles. The number of carbonyl (C=O) groups is 2. The van der Waals surface area contributed by atoms with Crippen LogP contribution in [-0.2, 0) is 10.2 Å². The van der Waals surface area contributed by atoms with Gasteiger partial charge in [0.1, 0.15) is 12.0 Å². The topological polar surface area (TPSA) is 87.5 Å². The molecule has 9 heteroatoms. The third-order valence-electron chi connectivity index (χ3n) is 8.25. The van der Waals surface area contributed by atoms with Gasteiger partial charge in [-0.2, -0.15) is 13.2 Å². The van der Waals surface area contributed by atoms with Crippen LogP contribution < -0.4 is 16.4 Å². The summed E-state index contributed by atoms with van der Waals surface area (Å²) in [5.41, 5.74) is 9.04. The minimum absolute atomic E-state index is 0.0901. The zero-order valence-electron chi connectivity index (χ0n) is 24.8. The zero-order valence-corrected chi connectivity index (χ0v) is 24.8. The number of piperidine rings is 1. The second kappa shape index (κ2) is 14.1. The molecule has 1 heterocycles. The lowest BCUT2D eigenvalue weighted by atomic mass is 9.73. The molecule has 230 valence electrons. The van der Waals surface area contributed by atoms with E-state index >= 15 is 0 Å². The van der Waals surface area contributed by atoms with Crippen LogP contribution in [0.15, 0.2) is 72.8 Å². The lowest BCUT2D eigenvalue weighted by Gasteiger charge is -2.33. The maximum atomic E-state index is 13.6. The molecule has 5 rings (SSSR count). The van der Waals surface area contributed by atoms with Gasteiger partial charge in [-0.1, -0.05) is 74.9 Å². The number of fused-ring (bicyclic) bond motifs is 3. The highest BCUT2D eigenvalue weighted by atomic mass is 19.4. The second-order valence-electron chi connectivity index (χ2n) is 11.0. The lowest BCUT2D eigenvalue weighted by Crippen LogP contribution is -2.47. The van der Waals surface area contributed by atoms with E-state index in [2.05, 4.69) is 15.5 Å². The first-order chi connectivity index (χ1) is 20.7. The van der Waals surface area contributed by atoms with Crippen molar-refractivity contribution in [3.05, 3.63) is 89.5 Å². The van der Waals surface area contributed by atoms with Crippen LogP contribution in [0, 0.1) is 0 Å². The predicted molar refractivity (Wildman–Crippen MR) is 165 cm³/mol. The molecule has 4 N–H and O–H groups in total. The smallest absolute Gasteiger partial charge is 0.399 e. The van der Waals surface area contributed by atoms with Gasteiger partial charge in [-0.15, -0.1) is 0 Å². The largest absolute Gasteiger partial charge is 0.405 e. The highest BCUT2D eigenvalue weighted by molar-refractivity contribution is 6.00. The normalized spacial score (nSPS) is 15.9. The molecule has 1 aliphatic heterocycles. The molecule has 0 unspecified atom stereocenters. The Kier molecular flexibility index (Phi) is 10.5. The summed E-state index contributed by atoms with van der Waals surface area (Å²) >= 11 is 0. The minimum Gasteiger partial charge on any atom is -0.399 e. The van der Waals surface area contributed by atoms with Gasteiger partial charge < -0.3 is 21.3 Å². The van der Waals surface area contributed by atoms with E-state index in [-0.39, 0.29) is 11.9 Å². The van der Waals surface area contributed by atoms with Gasteiger partial charge in [0, 0.05) is 30.4 Å². The van der Waals surface area contributed by atoms with Crippen LogP contribution in [0.25, 0.3) is 11.1 Å². The van der Waals surface area contributed by atoms with Crippen molar-refractivity contribution >= 4 is 17.5 Å². The van der Waals surface area contributed by atoms with Crippen LogP contribution in [0.5, 0.6) is 0 Å². The fraction of sp³-hybridized carbons (Fsp3) is 0.412. The van der Waals surface area contributed by atoms with Crippen LogP contribution in [-0.4, -0.2) is 55.1 Å². The number of alkyl halides is 3. The minimum atomic E-state index is -4.49. The SMILES string of the molecule is CC.Nc1cccc(C(=O)NC2CCN(CCCCC3(C(=O)NCC(F)(F)F)c4ccccc4-c4ccccc43)CC2)c1. The van der Waals surface area contributed by atoms with Crippen molar-refractivity contribution in [2.75, 3.05) is 31.9 Å². The summed E-state index contributed by atoms with van der Waals surface area (Å²) in [5, 5.41) is 5.30. The second-order valence-corrected chi connectivity index (χ2v) is 11.0. The molecule has 2 amide bonds. The molecule has 0 aromatic heterocycles. The van der Waals surface area contributed by atoms with E-state index in [0.717, 1.165) is 61.2 Å². The third-order valence-corrected chi connectivity index (χ3v) is 8.25. The molecule has 0 radical (unpaired) electrons. The summed E-state index contributed by atoms with van der Waals surface area (Å²) in [4.78, 5) is 28.5.